The zero-order chi connectivity index (χ0) is 12.1. The van der Waals surface area contributed by atoms with Crippen molar-refractivity contribution in [1.82, 2.24) is 20.5 Å². The number of carbonyl (C=O) groups is 1. The van der Waals surface area contributed by atoms with Gasteiger partial charge in [-0.3, -0.25) is 9.89 Å². The molecule has 2 rings (SSSR count). The molecule has 2 heterocycles. The molecule has 2 aromatic heterocycles. The number of carbonyl (C=O) groups excluding carboxylic acids is 1. The number of thioether (sulfide) groups is 1. The van der Waals surface area contributed by atoms with Crippen LogP contribution >= 0.6 is 11.8 Å². The zero-order valence-electron chi connectivity index (χ0n) is 9.27. The second-order valence-electron chi connectivity index (χ2n) is 3.33. The Hall–Kier alpha value is -1.76. The van der Waals surface area contributed by atoms with Crippen LogP contribution in [0, 0.1) is 6.92 Å². The Labute approximate surface area is 102 Å². The molecular weight excluding hydrogens is 240 g/mol. The molecule has 0 saturated heterocycles. The Bertz CT molecular complexity index is 480. The molecule has 0 aliphatic heterocycles. The van der Waals surface area contributed by atoms with E-state index in [-0.39, 0.29) is 5.91 Å². The maximum Gasteiger partial charge on any atom is 0.287 e. The average Bonchev–Trinajstić information content (AvgIpc) is 2.95. The lowest BCUT2D eigenvalue weighted by Crippen LogP contribution is -2.25. The zero-order valence-corrected chi connectivity index (χ0v) is 10.1. The van der Waals surface area contributed by atoms with E-state index in [1.54, 1.807) is 6.07 Å². The van der Waals surface area contributed by atoms with Crippen molar-refractivity contribution in [2.75, 3.05) is 12.3 Å². The molecule has 0 fully saturated rings. The minimum absolute atomic E-state index is 0.189. The van der Waals surface area contributed by atoms with Crippen LogP contribution in [0.5, 0.6) is 0 Å². The fourth-order valence-corrected chi connectivity index (χ4v) is 1.90. The number of aryl methyl sites for hydroxylation is 1. The molecule has 0 aliphatic rings. The largest absolute Gasteiger partial charge is 0.459 e. The van der Waals surface area contributed by atoms with Crippen LogP contribution in [0.3, 0.4) is 0 Å². The molecular formula is C10H12N4O2S. The maximum atomic E-state index is 11.6. The third-order valence-corrected chi connectivity index (χ3v) is 2.97. The molecule has 0 atom stereocenters. The van der Waals surface area contributed by atoms with Crippen molar-refractivity contribution in [2.45, 2.75) is 12.1 Å². The summed E-state index contributed by atoms with van der Waals surface area (Å²) in [5.74, 6) is 0.904. The molecule has 0 bridgehead atoms. The molecule has 0 spiro atoms. The van der Waals surface area contributed by atoms with E-state index in [0.29, 0.717) is 12.3 Å². The van der Waals surface area contributed by atoms with Crippen molar-refractivity contribution in [3.63, 3.8) is 0 Å². The summed E-state index contributed by atoms with van der Waals surface area (Å²) in [6, 6.07) is 1.76. The lowest BCUT2D eigenvalue weighted by molar-refractivity contribution is 0.0927. The van der Waals surface area contributed by atoms with E-state index in [4.69, 9.17) is 4.42 Å². The lowest BCUT2D eigenvalue weighted by Gasteiger charge is -2.02. The average molecular weight is 252 g/mol. The summed E-state index contributed by atoms with van der Waals surface area (Å²) in [4.78, 5) is 15.6. The number of aromatic nitrogens is 3. The van der Waals surface area contributed by atoms with Crippen molar-refractivity contribution in [3.8, 4) is 0 Å². The molecule has 7 heteroatoms. The van der Waals surface area contributed by atoms with Crippen LogP contribution in [0.1, 0.15) is 16.1 Å². The van der Waals surface area contributed by atoms with Gasteiger partial charge < -0.3 is 9.73 Å². The predicted molar refractivity (Wildman–Crippen MR) is 62.9 cm³/mol. The van der Waals surface area contributed by atoms with Gasteiger partial charge in [0.25, 0.3) is 5.91 Å². The van der Waals surface area contributed by atoms with Gasteiger partial charge in [-0.15, -0.1) is 0 Å². The van der Waals surface area contributed by atoms with Gasteiger partial charge in [-0.1, -0.05) is 11.8 Å². The van der Waals surface area contributed by atoms with Gasteiger partial charge in [-0.2, -0.15) is 5.10 Å². The number of aromatic amines is 1. The first-order valence-electron chi connectivity index (χ1n) is 5.08. The smallest absolute Gasteiger partial charge is 0.287 e. The Morgan fingerprint density at radius 3 is 3.18 bits per heavy atom. The molecule has 17 heavy (non-hydrogen) atoms. The highest BCUT2D eigenvalue weighted by molar-refractivity contribution is 7.99. The Morgan fingerprint density at radius 2 is 2.53 bits per heavy atom. The minimum atomic E-state index is -0.189. The molecule has 1 amide bonds. The second-order valence-corrected chi connectivity index (χ2v) is 4.41. The normalized spacial score (nSPS) is 10.4. The molecule has 2 aromatic rings. The molecule has 0 saturated carbocycles. The Morgan fingerprint density at radius 1 is 1.65 bits per heavy atom. The maximum absolute atomic E-state index is 11.6. The standard InChI is InChI=1S/C10H12N4O2S/c1-7-2-4-16-8(7)9(15)11-3-5-17-10-12-6-13-14-10/h2,4,6H,3,5H2,1H3,(H,11,15)(H,12,13,14). The number of hydrogen-bond acceptors (Lipinski definition) is 5. The topological polar surface area (TPSA) is 83.8 Å². The van der Waals surface area contributed by atoms with E-state index >= 15 is 0 Å². The van der Waals surface area contributed by atoms with E-state index in [9.17, 15) is 4.79 Å². The van der Waals surface area contributed by atoms with Crippen molar-refractivity contribution in [3.05, 3.63) is 30.0 Å². The summed E-state index contributed by atoms with van der Waals surface area (Å²) in [6.07, 6.45) is 2.96. The highest BCUT2D eigenvalue weighted by atomic mass is 32.2. The van der Waals surface area contributed by atoms with Gasteiger partial charge in [0.05, 0.1) is 6.26 Å². The molecule has 0 aliphatic carbocycles. The first-order chi connectivity index (χ1) is 8.27. The first-order valence-corrected chi connectivity index (χ1v) is 6.06. The number of nitrogens with one attached hydrogen (secondary N) is 2. The van der Waals surface area contributed by atoms with E-state index in [2.05, 4.69) is 20.5 Å². The molecule has 0 aromatic carbocycles. The Balaban J connectivity index is 1.72. The summed E-state index contributed by atoms with van der Waals surface area (Å²) < 4.78 is 5.08. The third kappa shape index (κ3) is 3.10. The summed E-state index contributed by atoms with van der Waals surface area (Å²) >= 11 is 1.50. The van der Waals surface area contributed by atoms with E-state index < -0.39 is 0 Å². The SMILES string of the molecule is Cc1ccoc1C(=O)NCCSc1ncn[nH]1. The van der Waals surface area contributed by atoms with E-state index in [1.165, 1.54) is 24.4 Å². The quantitative estimate of drug-likeness (QED) is 0.617. The number of H-pyrrole nitrogens is 1. The summed E-state index contributed by atoms with van der Waals surface area (Å²) in [7, 11) is 0. The molecule has 90 valence electrons. The van der Waals surface area contributed by atoms with Crippen LogP contribution in [-0.4, -0.2) is 33.4 Å². The van der Waals surface area contributed by atoms with Crippen molar-refractivity contribution in [1.29, 1.82) is 0 Å². The lowest BCUT2D eigenvalue weighted by atomic mass is 10.3. The third-order valence-electron chi connectivity index (χ3n) is 2.09. The van der Waals surface area contributed by atoms with E-state index in [0.717, 1.165) is 16.5 Å². The number of amides is 1. The summed E-state index contributed by atoms with van der Waals surface area (Å²) in [5, 5.41) is 9.98. The van der Waals surface area contributed by atoms with Crippen LogP contribution < -0.4 is 5.32 Å². The van der Waals surface area contributed by atoms with Gasteiger partial charge in [0.1, 0.15) is 6.33 Å². The second kappa shape index (κ2) is 5.53. The highest BCUT2D eigenvalue weighted by Gasteiger charge is 2.11. The van der Waals surface area contributed by atoms with Crippen molar-refractivity contribution < 1.29 is 9.21 Å². The Kier molecular flexibility index (Phi) is 3.81. The van der Waals surface area contributed by atoms with E-state index in [1.807, 2.05) is 6.92 Å². The molecule has 2 N–H and O–H groups in total. The van der Waals surface area contributed by atoms with Gasteiger partial charge in [0.2, 0.25) is 0 Å². The minimum Gasteiger partial charge on any atom is -0.459 e. The van der Waals surface area contributed by atoms with Gasteiger partial charge in [0, 0.05) is 17.9 Å². The molecule has 0 radical (unpaired) electrons. The van der Waals surface area contributed by atoms with Crippen molar-refractivity contribution in [2.24, 2.45) is 0 Å². The number of rotatable bonds is 5. The fourth-order valence-electron chi connectivity index (χ4n) is 1.26. The van der Waals surface area contributed by atoms with Crippen LogP contribution in [0.2, 0.25) is 0 Å². The molecule has 6 nitrogen and oxygen atoms in total. The van der Waals surface area contributed by atoms with Crippen LogP contribution in [0.4, 0.5) is 0 Å². The predicted octanol–water partition coefficient (Wildman–Crippen LogP) is 1.23. The monoisotopic (exact) mass is 252 g/mol. The molecule has 0 unspecified atom stereocenters. The van der Waals surface area contributed by atoms with Gasteiger partial charge in [-0.05, 0) is 13.0 Å². The number of hydrogen-bond donors (Lipinski definition) is 2. The first kappa shape index (κ1) is 11.7. The van der Waals surface area contributed by atoms with Crippen LogP contribution in [0.15, 0.2) is 28.2 Å². The highest BCUT2D eigenvalue weighted by Crippen LogP contribution is 2.10. The van der Waals surface area contributed by atoms with Gasteiger partial charge >= 0.3 is 0 Å². The van der Waals surface area contributed by atoms with Crippen LogP contribution in [0.25, 0.3) is 0 Å². The van der Waals surface area contributed by atoms with Gasteiger partial charge in [0.15, 0.2) is 10.9 Å². The van der Waals surface area contributed by atoms with Crippen molar-refractivity contribution >= 4 is 17.7 Å². The number of nitrogens with zero attached hydrogens (tertiary/aromatic N) is 2. The summed E-state index contributed by atoms with van der Waals surface area (Å²) in [5.41, 5.74) is 0.838. The summed E-state index contributed by atoms with van der Waals surface area (Å²) in [6.45, 7) is 2.38. The fraction of sp³-hybridized carbons (Fsp3) is 0.300. The number of furan rings is 1. The van der Waals surface area contributed by atoms with Gasteiger partial charge in [-0.25, -0.2) is 4.98 Å². The van der Waals surface area contributed by atoms with Crippen LogP contribution in [-0.2, 0) is 0 Å².